The van der Waals surface area contributed by atoms with Gasteiger partial charge in [-0.15, -0.1) is 4.91 Å². The van der Waals surface area contributed by atoms with E-state index < -0.39 is 0 Å². The van der Waals surface area contributed by atoms with Crippen LogP contribution in [0.2, 0.25) is 0 Å². The van der Waals surface area contributed by atoms with Crippen LogP contribution in [0.15, 0.2) is 35.7 Å². The Bertz CT molecular complexity index is 385. The molecule has 1 saturated carbocycles. The highest BCUT2D eigenvalue weighted by Crippen LogP contribution is 2.40. The predicted octanol–water partition coefficient (Wildman–Crippen LogP) is 5.42. The molecule has 1 aliphatic rings. The van der Waals surface area contributed by atoms with Gasteiger partial charge in [-0.1, -0.05) is 69.4 Å². The molecule has 0 bridgehead atoms. The van der Waals surface area contributed by atoms with Crippen LogP contribution in [0, 0.1) is 16.7 Å². The number of hydrogen-bond donors (Lipinski definition) is 0. The van der Waals surface area contributed by atoms with E-state index in [0.29, 0.717) is 5.92 Å². The second-order valence-corrected chi connectivity index (χ2v) is 5.93. The lowest BCUT2D eigenvalue weighted by molar-refractivity contribution is -0.00659. The van der Waals surface area contributed by atoms with Crippen LogP contribution in [-0.2, 0) is 4.84 Å². The zero-order valence-corrected chi connectivity index (χ0v) is 12.3. The second kappa shape index (κ2) is 8.03. The maximum absolute atomic E-state index is 10.6. The topological polar surface area (TPSA) is 38.7 Å². The summed E-state index contributed by atoms with van der Waals surface area (Å²) in [7, 11) is 0. The monoisotopic (exact) mass is 275 g/mol. The number of rotatable bonds is 7. The lowest BCUT2D eigenvalue weighted by Gasteiger charge is -2.32. The average molecular weight is 275 g/mol. The van der Waals surface area contributed by atoms with Crippen molar-refractivity contribution in [2.24, 2.45) is 17.2 Å². The van der Waals surface area contributed by atoms with Gasteiger partial charge in [0.25, 0.3) is 0 Å². The molecule has 110 valence electrons. The number of benzene rings is 1. The van der Waals surface area contributed by atoms with E-state index in [4.69, 9.17) is 4.84 Å². The van der Waals surface area contributed by atoms with Gasteiger partial charge >= 0.3 is 0 Å². The summed E-state index contributed by atoms with van der Waals surface area (Å²) in [5.41, 5.74) is 1.07. The molecule has 1 atom stereocenters. The van der Waals surface area contributed by atoms with Gasteiger partial charge in [-0.3, -0.25) is 0 Å². The van der Waals surface area contributed by atoms with E-state index >= 15 is 0 Å². The first kappa shape index (κ1) is 15.0. The molecule has 1 aromatic rings. The lowest BCUT2D eigenvalue weighted by Crippen LogP contribution is -2.21. The first-order valence-corrected chi connectivity index (χ1v) is 7.88. The summed E-state index contributed by atoms with van der Waals surface area (Å²) >= 11 is 0. The second-order valence-electron chi connectivity index (χ2n) is 5.93. The minimum absolute atomic E-state index is 0.166. The molecule has 1 aliphatic carbocycles. The Morgan fingerprint density at radius 2 is 1.90 bits per heavy atom. The van der Waals surface area contributed by atoms with Crippen molar-refractivity contribution >= 4 is 0 Å². The smallest absolute Gasteiger partial charge is 0.158 e. The summed E-state index contributed by atoms with van der Waals surface area (Å²) in [6.07, 6.45) is 8.61. The molecule has 3 nitrogen and oxygen atoms in total. The first-order chi connectivity index (χ1) is 9.85. The van der Waals surface area contributed by atoms with Crippen LogP contribution in [0.4, 0.5) is 0 Å². The molecule has 2 rings (SSSR count). The lowest BCUT2D eigenvalue weighted by atomic mass is 9.76. The van der Waals surface area contributed by atoms with E-state index in [1.54, 1.807) is 0 Å². The number of unbranched alkanes of at least 4 members (excludes halogenated alkanes) is 1. The molecule has 20 heavy (non-hydrogen) atoms. The van der Waals surface area contributed by atoms with E-state index in [0.717, 1.165) is 24.3 Å². The maximum Gasteiger partial charge on any atom is 0.158 e. The molecular formula is C17H25NO2. The van der Waals surface area contributed by atoms with Crippen molar-refractivity contribution in [1.29, 1.82) is 0 Å². The Labute approximate surface area is 121 Å². The van der Waals surface area contributed by atoms with Gasteiger partial charge in [0.1, 0.15) is 0 Å². The third-order valence-corrected chi connectivity index (χ3v) is 4.57. The highest BCUT2D eigenvalue weighted by Gasteiger charge is 2.30. The Kier molecular flexibility index (Phi) is 6.03. The van der Waals surface area contributed by atoms with Gasteiger partial charge < -0.3 is 4.84 Å². The fraction of sp³-hybridized carbons (Fsp3) is 0.647. The average Bonchev–Trinajstić information content (AvgIpc) is 2.52. The molecule has 0 amide bonds. The van der Waals surface area contributed by atoms with Crippen LogP contribution < -0.4 is 0 Å². The van der Waals surface area contributed by atoms with E-state index in [1.165, 1.54) is 32.1 Å². The fourth-order valence-electron chi connectivity index (χ4n) is 3.38. The summed E-state index contributed by atoms with van der Waals surface area (Å²) < 4.78 is 0. The van der Waals surface area contributed by atoms with E-state index in [1.807, 2.05) is 30.3 Å². The molecule has 0 aromatic heterocycles. The van der Waals surface area contributed by atoms with Crippen molar-refractivity contribution < 1.29 is 4.84 Å². The zero-order valence-electron chi connectivity index (χ0n) is 12.3. The van der Waals surface area contributed by atoms with Crippen LogP contribution in [0.3, 0.4) is 0 Å². The molecule has 1 aromatic carbocycles. The third-order valence-electron chi connectivity index (χ3n) is 4.57. The van der Waals surface area contributed by atoms with Crippen molar-refractivity contribution in [3.8, 4) is 0 Å². The molecule has 0 aliphatic heterocycles. The summed E-state index contributed by atoms with van der Waals surface area (Å²) in [6, 6.07) is 10.0. The van der Waals surface area contributed by atoms with Gasteiger partial charge in [0, 0.05) is 5.92 Å². The molecule has 3 heteroatoms. The summed E-state index contributed by atoms with van der Waals surface area (Å²) in [4.78, 5) is 15.7. The summed E-state index contributed by atoms with van der Waals surface area (Å²) in [5, 5.41) is 2.71. The predicted molar refractivity (Wildman–Crippen MR) is 81.0 cm³/mol. The summed E-state index contributed by atoms with van der Waals surface area (Å²) in [6.45, 7) is 2.25. The van der Waals surface area contributed by atoms with Crippen LogP contribution in [0.25, 0.3) is 0 Å². The van der Waals surface area contributed by atoms with E-state index in [-0.39, 0.29) is 6.10 Å². The Hall–Kier alpha value is -1.38. The SMILES string of the molecule is CCCCC1CCC(C(ON=O)c2ccccc2)CC1. The Morgan fingerprint density at radius 1 is 1.20 bits per heavy atom. The van der Waals surface area contributed by atoms with Gasteiger partial charge in [0.15, 0.2) is 11.4 Å². The Balaban J connectivity index is 1.93. The minimum Gasteiger partial charge on any atom is -0.356 e. The molecule has 0 spiro atoms. The van der Waals surface area contributed by atoms with Crippen molar-refractivity contribution in [2.75, 3.05) is 0 Å². The van der Waals surface area contributed by atoms with Crippen molar-refractivity contribution in [3.63, 3.8) is 0 Å². The van der Waals surface area contributed by atoms with Gasteiger partial charge in [0.05, 0.1) is 0 Å². The molecule has 0 heterocycles. The molecule has 1 fully saturated rings. The van der Waals surface area contributed by atoms with Crippen LogP contribution in [-0.4, -0.2) is 0 Å². The first-order valence-electron chi connectivity index (χ1n) is 7.88. The van der Waals surface area contributed by atoms with Crippen molar-refractivity contribution in [1.82, 2.24) is 0 Å². The Morgan fingerprint density at radius 3 is 2.50 bits per heavy atom. The normalized spacial score (nSPS) is 24.1. The molecule has 0 saturated heterocycles. The van der Waals surface area contributed by atoms with Crippen molar-refractivity contribution in [2.45, 2.75) is 58.0 Å². The van der Waals surface area contributed by atoms with Crippen molar-refractivity contribution in [3.05, 3.63) is 40.8 Å². The minimum atomic E-state index is -0.166. The highest BCUT2D eigenvalue weighted by atomic mass is 16.7. The summed E-state index contributed by atoms with van der Waals surface area (Å²) in [5.74, 6) is 1.29. The number of hydrogen-bond acceptors (Lipinski definition) is 3. The maximum atomic E-state index is 10.6. The fourth-order valence-corrected chi connectivity index (χ4v) is 3.38. The molecular weight excluding hydrogens is 250 g/mol. The van der Waals surface area contributed by atoms with Crippen LogP contribution >= 0.6 is 0 Å². The standard InChI is InChI=1S/C17H25NO2/c1-2-3-7-14-10-12-16(13-11-14)17(20-18-19)15-8-5-4-6-9-15/h4-6,8-9,14,16-17H,2-3,7,10-13H2,1H3. The van der Waals surface area contributed by atoms with Gasteiger partial charge in [-0.05, 0) is 24.3 Å². The number of nitrogens with zero attached hydrogens (tertiary/aromatic N) is 1. The van der Waals surface area contributed by atoms with Gasteiger partial charge in [-0.2, -0.15) is 0 Å². The van der Waals surface area contributed by atoms with Gasteiger partial charge in [-0.25, -0.2) is 0 Å². The largest absolute Gasteiger partial charge is 0.356 e. The van der Waals surface area contributed by atoms with Crippen LogP contribution in [0.1, 0.15) is 63.5 Å². The highest BCUT2D eigenvalue weighted by molar-refractivity contribution is 5.18. The quantitative estimate of drug-likeness (QED) is 0.492. The van der Waals surface area contributed by atoms with Gasteiger partial charge in [0.2, 0.25) is 0 Å². The van der Waals surface area contributed by atoms with E-state index in [9.17, 15) is 4.91 Å². The third kappa shape index (κ3) is 4.06. The zero-order chi connectivity index (χ0) is 14.2. The molecule has 0 N–H and O–H groups in total. The molecule has 0 radical (unpaired) electrons. The van der Waals surface area contributed by atoms with Crippen LogP contribution in [0.5, 0.6) is 0 Å². The van der Waals surface area contributed by atoms with E-state index in [2.05, 4.69) is 12.3 Å². The molecule has 1 unspecified atom stereocenters.